The minimum atomic E-state index is -0.243. The van der Waals surface area contributed by atoms with Crippen molar-refractivity contribution in [1.82, 2.24) is 10.2 Å². The van der Waals surface area contributed by atoms with Crippen molar-refractivity contribution < 1.29 is 9.84 Å². The maximum Gasteiger partial charge on any atom is 0.0791 e. The Bertz CT molecular complexity index is 209. The fourth-order valence-electron chi connectivity index (χ4n) is 2.23. The molecule has 2 N–H and O–H groups in total. The number of hydrogen-bond acceptors (Lipinski definition) is 4. The summed E-state index contributed by atoms with van der Waals surface area (Å²) in [5.74, 6) is 0. The van der Waals surface area contributed by atoms with Crippen molar-refractivity contribution in [2.45, 2.75) is 44.4 Å². The van der Waals surface area contributed by atoms with Crippen LogP contribution in [0.4, 0.5) is 0 Å². The normalized spacial score (nSPS) is 29.2. The zero-order valence-corrected chi connectivity index (χ0v) is 10.2. The molecular weight excluding hydrogens is 204 g/mol. The molecule has 0 aromatic rings. The summed E-state index contributed by atoms with van der Waals surface area (Å²) in [4.78, 5) is 2.36. The van der Waals surface area contributed by atoms with E-state index in [0.717, 1.165) is 39.3 Å². The number of β-amino-alcohol motifs (C(OH)–C–C–N with tert-alkyl or cyclic N) is 1. The van der Waals surface area contributed by atoms with Crippen LogP contribution in [-0.4, -0.2) is 61.0 Å². The van der Waals surface area contributed by atoms with E-state index in [2.05, 4.69) is 17.1 Å². The van der Waals surface area contributed by atoms with Gasteiger partial charge < -0.3 is 15.2 Å². The zero-order chi connectivity index (χ0) is 11.4. The summed E-state index contributed by atoms with van der Waals surface area (Å²) in [5.41, 5.74) is 0. The summed E-state index contributed by atoms with van der Waals surface area (Å²) in [6.45, 7) is 6.28. The molecule has 2 rings (SSSR count). The predicted molar refractivity (Wildman–Crippen MR) is 63.5 cm³/mol. The van der Waals surface area contributed by atoms with Gasteiger partial charge in [-0.25, -0.2) is 0 Å². The van der Waals surface area contributed by atoms with Crippen LogP contribution in [0.25, 0.3) is 0 Å². The Morgan fingerprint density at radius 2 is 2.31 bits per heavy atom. The van der Waals surface area contributed by atoms with Crippen LogP contribution in [-0.2, 0) is 4.74 Å². The molecule has 1 saturated carbocycles. The Kier molecular flexibility index (Phi) is 4.58. The number of rotatable bonds is 6. The highest BCUT2D eigenvalue weighted by atomic mass is 16.5. The van der Waals surface area contributed by atoms with Crippen LogP contribution in [0.5, 0.6) is 0 Å². The summed E-state index contributed by atoms with van der Waals surface area (Å²) in [6, 6.07) is 1.17. The number of nitrogens with one attached hydrogen (secondary N) is 1. The van der Waals surface area contributed by atoms with Crippen molar-refractivity contribution in [2.75, 3.05) is 32.8 Å². The third-order valence-corrected chi connectivity index (χ3v) is 3.49. The Balaban J connectivity index is 1.68. The number of nitrogens with zero attached hydrogens (tertiary/aromatic N) is 1. The lowest BCUT2D eigenvalue weighted by Crippen LogP contribution is -2.49. The number of morpholine rings is 1. The van der Waals surface area contributed by atoms with Crippen LogP contribution in [0.2, 0.25) is 0 Å². The van der Waals surface area contributed by atoms with E-state index >= 15 is 0 Å². The van der Waals surface area contributed by atoms with E-state index in [4.69, 9.17) is 4.74 Å². The topological polar surface area (TPSA) is 44.7 Å². The number of hydrogen-bond donors (Lipinski definition) is 2. The molecule has 2 aliphatic rings. The molecule has 94 valence electrons. The van der Waals surface area contributed by atoms with Crippen LogP contribution in [0, 0.1) is 0 Å². The molecule has 1 saturated heterocycles. The van der Waals surface area contributed by atoms with Crippen molar-refractivity contribution in [3.8, 4) is 0 Å². The van der Waals surface area contributed by atoms with E-state index in [0.29, 0.717) is 12.1 Å². The SMILES string of the molecule is CCC1COCCN1CC(O)CNC1CC1. The third kappa shape index (κ3) is 3.70. The minimum Gasteiger partial charge on any atom is -0.390 e. The second-order valence-corrected chi connectivity index (χ2v) is 4.97. The molecule has 2 unspecified atom stereocenters. The lowest BCUT2D eigenvalue weighted by atomic mass is 10.1. The molecular formula is C12H24N2O2. The van der Waals surface area contributed by atoms with E-state index in [9.17, 15) is 5.11 Å². The van der Waals surface area contributed by atoms with Crippen LogP contribution < -0.4 is 5.32 Å². The minimum absolute atomic E-state index is 0.243. The number of aliphatic hydroxyl groups is 1. The molecule has 2 atom stereocenters. The summed E-state index contributed by atoms with van der Waals surface area (Å²) in [7, 11) is 0. The highest BCUT2D eigenvalue weighted by molar-refractivity contribution is 4.83. The quantitative estimate of drug-likeness (QED) is 0.682. The third-order valence-electron chi connectivity index (χ3n) is 3.49. The molecule has 16 heavy (non-hydrogen) atoms. The van der Waals surface area contributed by atoms with Crippen LogP contribution >= 0.6 is 0 Å². The first kappa shape index (κ1) is 12.3. The number of ether oxygens (including phenoxy) is 1. The molecule has 0 amide bonds. The Hall–Kier alpha value is -0.160. The molecule has 0 aromatic carbocycles. The molecule has 4 nitrogen and oxygen atoms in total. The van der Waals surface area contributed by atoms with Gasteiger partial charge in [0.25, 0.3) is 0 Å². The van der Waals surface area contributed by atoms with Crippen molar-refractivity contribution in [3.05, 3.63) is 0 Å². The van der Waals surface area contributed by atoms with Gasteiger partial charge in [-0.1, -0.05) is 6.92 Å². The summed E-state index contributed by atoms with van der Waals surface area (Å²) in [6.07, 6.45) is 3.42. The largest absolute Gasteiger partial charge is 0.390 e. The van der Waals surface area contributed by atoms with Crippen molar-refractivity contribution in [1.29, 1.82) is 0 Å². The highest BCUT2D eigenvalue weighted by Gasteiger charge is 2.25. The van der Waals surface area contributed by atoms with Gasteiger partial charge >= 0.3 is 0 Å². The lowest BCUT2D eigenvalue weighted by Gasteiger charge is -2.36. The van der Waals surface area contributed by atoms with E-state index in [-0.39, 0.29) is 6.10 Å². The van der Waals surface area contributed by atoms with E-state index in [1.807, 2.05) is 0 Å². The second kappa shape index (κ2) is 5.96. The average molecular weight is 228 g/mol. The Morgan fingerprint density at radius 1 is 1.50 bits per heavy atom. The molecule has 1 aliphatic carbocycles. The number of aliphatic hydroxyl groups excluding tert-OH is 1. The van der Waals surface area contributed by atoms with E-state index in [1.165, 1.54) is 12.8 Å². The summed E-state index contributed by atoms with van der Waals surface area (Å²) < 4.78 is 5.45. The van der Waals surface area contributed by atoms with Gasteiger partial charge in [0, 0.05) is 31.7 Å². The molecule has 0 aromatic heterocycles. The summed E-state index contributed by atoms with van der Waals surface area (Å²) >= 11 is 0. The van der Waals surface area contributed by atoms with Crippen LogP contribution in [0.15, 0.2) is 0 Å². The molecule has 0 radical (unpaired) electrons. The van der Waals surface area contributed by atoms with Gasteiger partial charge in [-0.3, -0.25) is 4.90 Å². The molecule has 0 bridgehead atoms. The Morgan fingerprint density at radius 3 is 3.00 bits per heavy atom. The first-order valence-corrected chi connectivity index (χ1v) is 6.53. The van der Waals surface area contributed by atoms with Gasteiger partial charge in [0.15, 0.2) is 0 Å². The van der Waals surface area contributed by atoms with E-state index < -0.39 is 0 Å². The predicted octanol–water partition coefficient (Wildman–Crippen LogP) is 0.210. The highest BCUT2D eigenvalue weighted by Crippen LogP contribution is 2.18. The van der Waals surface area contributed by atoms with Crippen LogP contribution in [0.3, 0.4) is 0 Å². The lowest BCUT2D eigenvalue weighted by molar-refractivity contribution is -0.0269. The molecule has 2 fully saturated rings. The van der Waals surface area contributed by atoms with Crippen molar-refractivity contribution >= 4 is 0 Å². The molecule has 0 spiro atoms. The standard InChI is InChI=1S/C12H24N2O2/c1-2-11-9-16-6-5-14(11)8-12(15)7-13-10-3-4-10/h10-13,15H,2-9H2,1H3. The first-order valence-electron chi connectivity index (χ1n) is 6.53. The van der Waals surface area contributed by atoms with Crippen molar-refractivity contribution in [2.24, 2.45) is 0 Å². The molecule has 4 heteroatoms. The average Bonchev–Trinajstić information content (AvgIpc) is 3.11. The molecule has 1 aliphatic heterocycles. The van der Waals surface area contributed by atoms with Gasteiger partial charge in [0.1, 0.15) is 0 Å². The maximum absolute atomic E-state index is 9.95. The van der Waals surface area contributed by atoms with Gasteiger partial charge in [-0.15, -0.1) is 0 Å². The van der Waals surface area contributed by atoms with Crippen LogP contribution in [0.1, 0.15) is 26.2 Å². The smallest absolute Gasteiger partial charge is 0.0791 e. The fraction of sp³-hybridized carbons (Fsp3) is 1.00. The first-order chi connectivity index (χ1) is 7.79. The van der Waals surface area contributed by atoms with Gasteiger partial charge in [0.05, 0.1) is 19.3 Å². The second-order valence-electron chi connectivity index (χ2n) is 4.97. The van der Waals surface area contributed by atoms with E-state index in [1.54, 1.807) is 0 Å². The van der Waals surface area contributed by atoms with Gasteiger partial charge in [-0.2, -0.15) is 0 Å². The molecule has 1 heterocycles. The monoisotopic (exact) mass is 228 g/mol. The van der Waals surface area contributed by atoms with Crippen molar-refractivity contribution in [3.63, 3.8) is 0 Å². The van der Waals surface area contributed by atoms with Gasteiger partial charge in [0.2, 0.25) is 0 Å². The Labute approximate surface area is 98.0 Å². The zero-order valence-electron chi connectivity index (χ0n) is 10.2. The maximum atomic E-state index is 9.95. The summed E-state index contributed by atoms with van der Waals surface area (Å²) in [5, 5.41) is 13.3. The van der Waals surface area contributed by atoms with Gasteiger partial charge in [-0.05, 0) is 19.3 Å². The fourth-order valence-corrected chi connectivity index (χ4v) is 2.23.